The van der Waals surface area contributed by atoms with Gasteiger partial charge in [0.15, 0.2) is 0 Å². The molecule has 0 radical (unpaired) electrons. The maximum Gasteiger partial charge on any atom is 0.326 e. The average Bonchev–Trinajstić information content (AvgIpc) is 3.18. The summed E-state index contributed by atoms with van der Waals surface area (Å²) in [5.74, 6) is -1.41. The fourth-order valence-electron chi connectivity index (χ4n) is 6.89. The summed E-state index contributed by atoms with van der Waals surface area (Å²) in [7, 11) is 0. The topological polar surface area (TPSA) is 119 Å². The third-order valence-corrected chi connectivity index (χ3v) is 10.4. The summed E-state index contributed by atoms with van der Waals surface area (Å²) in [5.41, 5.74) is 5.49. The minimum Gasteiger partial charge on any atom is -0.480 e. The Kier molecular flexibility index (Phi) is 41.4. The van der Waals surface area contributed by atoms with Crippen molar-refractivity contribution >= 4 is 17.8 Å². The number of carboxylic acids is 1. The Morgan fingerprint density at radius 1 is 0.536 bits per heavy atom. The largest absolute Gasteiger partial charge is 0.480 e. The zero-order valence-corrected chi connectivity index (χ0v) is 36.5. The number of allylic oxidation sites excluding steroid dienone is 7. The van der Waals surface area contributed by atoms with Gasteiger partial charge in [0, 0.05) is 12.8 Å². The molecule has 4 N–H and O–H groups in total. The first kappa shape index (κ1) is 53.3. The summed E-state index contributed by atoms with van der Waals surface area (Å²) in [6, 6.07) is -0.892. The van der Waals surface area contributed by atoms with Crippen molar-refractivity contribution in [1.29, 1.82) is 0 Å². The molecule has 324 valence electrons. The van der Waals surface area contributed by atoms with Crippen LogP contribution in [0.2, 0.25) is 0 Å². The highest BCUT2D eigenvalue weighted by Gasteiger charge is 2.19. The van der Waals surface area contributed by atoms with Gasteiger partial charge in [0.25, 0.3) is 0 Å². The Bertz CT molecular complexity index is 1020. The summed E-state index contributed by atoms with van der Waals surface area (Å²) in [5, 5.41) is 12.0. The van der Waals surface area contributed by atoms with Crippen LogP contribution in [0.4, 0.5) is 0 Å². The van der Waals surface area contributed by atoms with Gasteiger partial charge < -0.3 is 20.9 Å². The van der Waals surface area contributed by atoms with Gasteiger partial charge in [-0.1, -0.05) is 191 Å². The molecular weight excluding hydrogens is 697 g/mol. The Hall–Kier alpha value is -2.67. The van der Waals surface area contributed by atoms with Crippen LogP contribution in [0.3, 0.4) is 0 Å². The molecule has 0 bridgehead atoms. The smallest absolute Gasteiger partial charge is 0.326 e. The molecule has 2 unspecified atom stereocenters. The average molecular weight is 785 g/mol. The van der Waals surface area contributed by atoms with Crippen molar-refractivity contribution in [1.82, 2.24) is 5.32 Å². The second-order valence-corrected chi connectivity index (χ2v) is 15.8. The van der Waals surface area contributed by atoms with Crippen LogP contribution < -0.4 is 11.1 Å². The van der Waals surface area contributed by atoms with E-state index in [1.54, 1.807) is 0 Å². The molecule has 0 saturated carbocycles. The van der Waals surface area contributed by atoms with Crippen molar-refractivity contribution in [2.75, 3.05) is 6.54 Å². The number of nitrogens with one attached hydrogen (secondary N) is 1. The highest BCUT2D eigenvalue weighted by atomic mass is 16.5. The lowest BCUT2D eigenvalue weighted by Gasteiger charge is -2.15. The van der Waals surface area contributed by atoms with E-state index in [4.69, 9.17) is 10.5 Å². The van der Waals surface area contributed by atoms with E-state index in [-0.39, 0.29) is 24.4 Å². The van der Waals surface area contributed by atoms with Crippen molar-refractivity contribution < 1.29 is 24.2 Å². The Balaban J connectivity index is 4.26. The van der Waals surface area contributed by atoms with Crippen LogP contribution in [0.5, 0.6) is 0 Å². The van der Waals surface area contributed by atoms with Crippen LogP contribution in [0, 0.1) is 0 Å². The lowest BCUT2D eigenvalue weighted by molar-refractivity contribution is -0.147. The zero-order valence-electron chi connectivity index (χ0n) is 36.5. The third kappa shape index (κ3) is 39.6. The summed E-state index contributed by atoms with van der Waals surface area (Å²) < 4.78 is 5.91. The number of hydrogen-bond acceptors (Lipinski definition) is 5. The number of esters is 1. The molecular formula is C49H88N2O5. The van der Waals surface area contributed by atoms with Crippen molar-refractivity contribution in [3.63, 3.8) is 0 Å². The van der Waals surface area contributed by atoms with Crippen LogP contribution in [0.25, 0.3) is 0 Å². The standard InChI is InChI=1S/C49H88N2O5/c1-3-5-7-9-11-13-15-16-17-18-19-20-21-22-23-24-26-28-30-32-37-43-48(53)56-45(39-34-31-29-27-25-14-12-10-8-6-4-2)40-35-33-36-42-47(52)51-46(49(54)55)41-38-44-50/h6,8,12,14,27,29,34,39,45-46H,3-5,7,9-11,13,15-26,28,30-33,35-38,40-44,50H2,1-2H3,(H,51,52)(H,54,55)/b8-6-,14-12-,29-27-,39-34-. The van der Waals surface area contributed by atoms with Crippen LogP contribution in [-0.4, -0.2) is 41.6 Å². The number of carbonyl (C=O) groups excluding carboxylic acids is 2. The maximum absolute atomic E-state index is 12.8. The van der Waals surface area contributed by atoms with E-state index >= 15 is 0 Å². The number of ether oxygens (including phenoxy) is 1. The van der Waals surface area contributed by atoms with Crippen LogP contribution in [0.1, 0.15) is 226 Å². The first-order chi connectivity index (χ1) is 27.4. The van der Waals surface area contributed by atoms with Gasteiger partial charge in [0.05, 0.1) is 0 Å². The molecule has 0 rings (SSSR count). The Labute approximate surface area is 345 Å². The number of carbonyl (C=O) groups is 3. The number of hydrogen-bond donors (Lipinski definition) is 3. The van der Waals surface area contributed by atoms with E-state index in [1.165, 1.54) is 122 Å². The second kappa shape index (κ2) is 43.5. The molecule has 0 saturated heterocycles. The predicted octanol–water partition coefficient (Wildman–Crippen LogP) is 13.6. The van der Waals surface area contributed by atoms with Gasteiger partial charge in [0.1, 0.15) is 12.1 Å². The van der Waals surface area contributed by atoms with Crippen LogP contribution in [-0.2, 0) is 19.1 Å². The Morgan fingerprint density at radius 2 is 0.964 bits per heavy atom. The minimum atomic E-state index is -1.03. The summed E-state index contributed by atoms with van der Waals surface area (Å²) in [6.07, 6.45) is 53.3. The normalized spacial score (nSPS) is 13.1. The zero-order chi connectivity index (χ0) is 41.0. The number of aliphatic carboxylic acids is 1. The van der Waals surface area contributed by atoms with Gasteiger partial charge in [-0.25, -0.2) is 4.79 Å². The monoisotopic (exact) mass is 785 g/mol. The van der Waals surface area contributed by atoms with E-state index in [1.807, 2.05) is 6.08 Å². The maximum atomic E-state index is 12.8. The lowest BCUT2D eigenvalue weighted by atomic mass is 10.0. The number of nitrogens with two attached hydrogens (primary N) is 1. The van der Waals surface area contributed by atoms with Gasteiger partial charge in [-0.15, -0.1) is 0 Å². The van der Waals surface area contributed by atoms with Gasteiger partial charge in [0.2, 0.25) is 5.91 Å². The number of amides is 1. The molecule has 7 heteroatoms. The molecule has 0 aliphatic rings. The van der Waals surface area contributed by atoms with Gasteiger partial charge in [-0.05, 0) is 76.8 Å². The first-order valence-corrected chi connectivity index (χ1v) is 23.5. The Morgan fingerprint density at radius 3 is 1.43 bits per heavy atom. The highest BCUT2D eigenvalue weighted by Crippen LogP contribution is 2.17. The van der Waals surface area contributed by atoms with E-state index in [0.29, 0.717) is 38.6 Å². The number of rotatable bonds is 42. The number of carboxylic acid groups (broad SMARTS) is 1. The molecule has 0 aromatic carbocycles. The molecule has 56 heavy (non-hydrogen) atoms. The fourth-order valence-corrected chi connectivity index (χ4v) is 6.89. The summed E-state index contributed by atoms with van der Waals surface area (Å²) in [6.45, 7) is 4.82. The fraction of sp³-hybridized carbons (Fsp3) is 0.776. The van der Waals surface area contributed by atoms with E-state index < -0.39 is 12.0 Å². The van der Waals surface area contributed by atoms with Crippen molar-refractivity contribution in [3.05, 3.63) is 48.6 Å². The van der Waals surface area contributed by atoms with Crippen molar-refractivity contribution in [2.24, 2.45) is 5.73 Å². The summed E-state index contributed by atoms with van der Waals surface area (Å²) >= 11 is 0. The van der Waals surface area contributed by atoms with Crippen molar-refractivity contribution in [2.45, 2.75) is 238 Å². The molecule has 0 aromatic heterocycles. The van der Waals surface area contributed by atoms with Gasteiger partial charge >= 0.3 is 11.9 Å². The third-order valence-electron chi connectivity index (χ3n) is 10.4. The first-order valence-electron chi connectivity index (χ1n) is 23.5. The second-order valence-electron chi connectivity index (χ2n) is 15.8. The van der Waals surface area contributed by atoms with E-state index in [9.17, 15) is 19.5 Å². The quantitative estimate of drug-likeness (QED) is 0.0322. The van der Waals surface area contributed by atoms with Crippen molar-refractivity contribution in [3.8, 4) is 0 Å². The van der Waals surface area contributed by atoms with E-state index in [0.717, 1.165) is 51.4 Å². The molecule has 7 nitrogen and oxygen atoms in total. The molecule has 0 aromatic rings. The molecule has 0 fully saturated rings. The van der Waals surface area contributed by atoms with Crippen LogP contribution >= 0.6 is 0 Å². The number of unbranched alkanes of at least 4 members (excludes halogenated alkanes) is 22. The molecule has 0 spiro atoms. The molecule has 2 atom stereocenters. The van der Waals surface area contributed by atoms with Gasteiger partial charge in [-0.3, -0.25) is 9.59 Å². The molecule has 0 aliphatic carbocycles. The molecule has 0 aliphatic heterocycles. The molecule has 0 heterocycles. The minimum absolute atomic E-state index is 0.133. The van der Waals surface area contributed by atoms with Crippen LogP contribution in [0.15, 0.2) is 48.6 Å². The molecule has 1 amide bonds. The SMILES string of the molecule is CC/C=C\C/C=C\C/C=C\C/C=C\C(CCCCCC(=O)NC(CCCN)C(=O)O)OC(=O)CCCCCCCCCCCCCCCCCCCCCCC. The van der Waals surface area contributed by atoms with Gasteiger partial charge in [-0.2, -0.15) is 0 Å². The lowest BCUT2D eigenvalue weighted by Crippen LogP contribution is -2.40. The van der Waals surface area contributed by atoms with E-state index in [2.05, 4.69) is 61.7 Å². The highest BCUT2D eigenvalue weighted by molar-refractivity contribution is 5.83. The summed E-state index contributed by atoms with van der Waals surface area (Å²) in [4.78, 5) is 36.5. The predicted molar refractivity (Wildman–Crippen MR) is 239 cm³/mol.